The van der Waals surface area contributed by atoms with Crippen LogP contribution in [0.5, 0.6) is 0 Å². The molecule has 8 heteroatoms. The summed E-state index contributed by atoms with van der Waals surface area (Å²) in [5.74, 6) is 0.267. The largest absolute Gasteiger partial charge is 0.446 e. The Morgan fingerprint density at radius 1 is 1.38 bits per heavy atom. The normalized spacial score (nSPS) is 11.2. The number of amides is 1. The van der Waals surface area contributed by atoms with Gasteiger partial charge in [0.05, 0.1) is 29.9 Å². The van der Waals surface area contributed by atoms with E-state index < -0.39 is 11.7 Å². The molecule has 0 radical (unpaired) electrons. The third kappa shape index (κ3) is 4.53. The number of carbonyl (C=O) groups is 1. The van der Waals surface area contributed by atoms with E-state index in [0.29, 0.717) is 5.69 Å². The van der Waals surface area contributed by atoms with E-state index in [1.54, 1.807) is 24.7 Å². The van der Waals surface area contributed by atoms with E-state index in [1.807, 2.05) is 13.2 Å². The summed E-state index contributed by atoms with van der Waals surface area (Å²) in [7, 11) is 1.81. The van der Waals surface area contributed by atoms with E-state index in [0.717, 1.165) is 5.56 Å². The maximum absolute atomic E-state index is 11.5. The number of anilines is 1. The van der Waals surface area contributed by atoms with Gasteiger partial charge >= 0.3 is 6.09 Å². The van der Waals surface area contributed by atoms with Crippen LogP contribution in [0.2, 0.25) is 0 Å². The van der Waals surface area contributed by atoms with Crippen LogP contribution < -0.4 is 5.32 Å². The second-order valence-electron chi connectivity index (χ2n) is 5.20. The second kappa shape index (κ2) is 5.88. The average Bonchev–Trinajstić information content (AvgIpc) is 2.83. The highest BCUT2D eigenvalue weighted by atomic mass is 16.6. The number of nitrogens with one attached hydrogen (secondary N) is 1. The molecule has 2 N–H and O–H groups in total. The first-order valence-corrected chi connectivity index (χ1v) is 6.31. The fraction of sp³-hybridized carbons (Fsp3) is 0.385. The van der Waals surface area contributed by atoms with Crippen LogP contribution in [0.4, 0.5) is 10.6 Å². The molecule has 0 fully saturated rings. The lowest BCUT2D eigenvalue weighted by molar-refractivity contribution is 0.0107. The van der Waals surface area contributed by atoms with Gasteiger partial charge in [-0.1, -0.05) is 0 Å². The van der Waals surface area contributed by atoms with Gasteiger partial charge in [0.25, 0.3) is 0 Å². The van der Waals surface area contributed by atoms with Crippen molar-refractivity contribution in [2.24, 2.45) is 7.05 Å². The first kappa shape index (κ1) is 14.9. The number of aryl methyl sites for hydroxylation is 1. The molecule has 0 aliphatic carbocycles. The number of carbonyl (C=O) groups excluding carboxylic acids is 1. The fourth-order valence-electron chi connectivity index (χ4n) is 1.48. The summed E-state index contributed by atoms with van der Waals surface area (Å²) >= 11 is 0. The Balaban J connectivity index is 1.95. The highest BCUT2D eigenvalue weighted by Gasteiger charge is 2.16. The molecule has 2 rings (SSSR count). The topological polar surface area (TPSA) is 102 Å². The zero-order valence-electron chi connectivity index (χ0n) is 12.1. The molecule has 0 saturated carbocycles. The molecule has 0 bridgehead atoms. The van der Waals surface area contributed by atoms with Crippen molar-refractivity contribution >= 4 is 11.9 Å². The number of aliphatic hydroxyl groups is 1. The van der Waals surface area contributed by atoms with Crippen molar-refractivity contribution < 1.29 is 14.6 Å². The molecule has 0 aliphatic rings. The van der Waals surface area contributed by atoms with Gasteiger partial charge in [0, 0.05) is 18.8 Å². The van der Waals surface area contributed by atoms with Crippen molar-refractivity contribution in [1.29, 1.82) is 0 Å². The lowest BCUT2D eigenvalue weighted by Crippen LogP contribution is -2.29. The Morgan fingerprint density at radius 2 is 2.14 bits per heavy atom. The highest BCUT2D eigenvalue weighted by molar-refractivity contribution is 5.83. The number of aromatic nitrogens is 4. The summed E-state index contributed by atoms with van der Waals surface area (Å²) in [6, 6.07) is 0. The Hall–Kier alpha value is -2.48. The number of hydrogen-bond donors (Lipinski definition) is 2. The van der Waals surface area contributed by atoms with Gasteiger partial charge in [-0.25, -0.2) is 9.78 Å². The number of rotatable bonds is 4. The predicted octanol–water partition coefficient (Wildman–Crippen LogP) is 1.20. The summed E-state index contributed by atoms with van der Waals surface area (Å²) in [4.78, 5) is 19.8. The summed E-state index contributed by atoms with van der Waals surface area (Å²) in [5.41, 5.74) is 0.410. The third-order valence-corrected chi connectivity index (χ3v) is 2.44. The standard InChI is InChI=1S/C13H17N5O3/c1-13(2,20)8-21-12(19)17-11-6-14-10(5-15-11)9-4-16-18(3)7-9/h4-7,20H,8H2,1-3H3,(H,15,17,19). The first-order chi connectivity index (χ1) is 9.83. The molecular weight excluding hydrogens is 274 g/mol. The highest BCUT2D eigenvalue weighted by Crippen LogP contribution is 2.15. The Morgan fingerprint density at radius 3 is 2.67 bits per heavy atom. The molecule has 0 aromatic carbocycles. The van der Waals surface area contributed by atoms with Gasteiger partial charge in [0.1, 0.15) is 6.61 Å². The zero-order chi connectivity index (χ0) is 15.5. The quantitative estimate of drug-likeness (QED) is 0.877. The van der Waals surface area contributed by atoms with E-state index in [2.05, 4.69) is 20.4 Å². The summed E-state index contributed by atoms with van der Waals surface area (Å²) in [6.07, 6.45) is 5.75. The predicted molar refractivity (Wildman–Crippen MR) is 75.5 cm³/mol. The lowest BCUT2D eigenvalue weighted by atomic mass is 10.2. The smallest absolute Gasteiger partial charge is 0.412 e. The first-order valence-electron chi connectivity index (χ1n) is 6.31. The van der Waals surface area contributed by atoms with E-state index >= 15 is 0 Å². The van der Waals surface area contributed by atoms with Crippen molar-refractivity contribution in [3.63, 3.8) is 0 Å². The van der Waals surface area contributed by atoms with Gasteiger partial charge in [-0.05, 0) is 13.8 Å². The third-order valence-electron chi connectivity index (χ3n) is 2.44. The van der Waals surface area contributed by atoms with Crippen molar-refractivity contribution in [2.75, 3.05) is 11.9 Å². The molecule has 0 aliphatic heterocycles. The molecule has 21 heavy (non-hydrogen) atoms. The van der Waals surface area contributed by atoms with Crippen molar-refractivity contribution in [1.82, 2.24) is 19.7 Å². The Labute approximate surface area is 121 Å². The van der Waals surface area contributed by atoms with Crippen molar-refractivity contribution in [2.45, 2.75) is 19.4 Å². The molecule has 0 saturated heterocycles. The maximum atomic E-state index is 11.5. The van der Waals surface area contributed by atoms with Gasteiger partial charge in [-0.2, -0.15) is 5.10 Å². The van der Waals surface area contributed by atoms with Gasteiger partial charge in [-0.3, -0.25) is 15.0 Å². The van der Waals surface area contributed by atoms with Crippen LogP contribution in [0.3, 0.4) is 0 Å². The van der Waals surface area contributed by atoms with Crippen LogP contribution in [0.25, 0.3) is 11.3 Å². The molecule has 2 aromatic heterocycles. The van der Waals surface area contributed by atoms with Gasteiger partial charge < -0.3 is 9.84 Å². The molecule has 0 spiro atoms. The minimum Gasteiger partial charge on any atom is -0.446 e. The van der Waals surface area contributed by atoms with Crippen LogP contribution in [-0.2, 0) is 11.8 Å². The van der Waals surface area contributed by atoms with Gasteiger partial charge in [-0.15, -0.1) is 0 Å². The van der Waals surface area contributed by atoms with Crippen LogP contribution in [0.1, 0.15) is 13.8 Å². The van der Waals surface area contributed by atoms with E-state index in [9.17, 15) is 9.90 Å². The Kier molecular flexibility index (Phi) is 4.18. The average molecular weight is 291 g/mol. The van der Waals surface area contributed by atoms with Crippen LogP contribution in [0.15, 0.2) is 24.8 Å². The maximum Gasteiger partial charge on any atom is 0.412 e. The molecule has 0 unspecified atom stereocenters. The zero-order valence-corrected chi connectivity index (χ0v) is 12.1. The minimum absolute atomic E-state index is 0.111. The van der Waals surface area contributed by atoms with Gasteiger partial charge in [0.15, 0.2) is 5.82 Å². The molecule has 112 valence electrons. The lowest BCUT2D eigenvalue weighted by Gasteiger charge is -2.16. The van der Waals surface area contributed by atoms with Gasteiger partial charge in [0.2, 0.25) is 0 Å². The molecule has 2 aromatic rings. The minimum atomic E-state index is -1.08. The second-order valence-corrected chi connectivity index (χ2v) is 5.20. The molecule has 2 heterocycles. The van der Waals surface area contributed by atoms with E-state index in [1.165, 1.54) is 12.4 Å². The number of ether oxygens (including phenoxy) is 1. The summed E-state index contributed by atoms with van der Waals surface area (Å²) < 4.78 is 6.51. The molecule has 8 nitrogen and oxygen atoms in total. The summed E-state index contributed by atoms with van der Waals surface area (Å²) in [6.45, 7) is 2.98. The fourth-order valence-corrected chi connectivity index (χ4v) is 1.48. The van der Waals surface area contributed by atoms with Crippen molar-refractivity contribution in [3.05, 3.63) is 24.8 Å². The number of hydrogen-bond acceptors (Lipinski definition) is 6. The van der Waals surface area contributed by atoms with Crippen LogP contribution in [-0.4, -0.2) is 43.2 Å². The van der Waals surface area contributed by atoms with Crippen molar-refractivity contribution in [3.8, 4) is 11.3 Å². The molecular formula is C13H17N5O3. The van der Waals surface area contributed by atoms with E-state index in [-0.39, 0.29) is 12.4 Å². The summed E-state index contributed by atoms with van der Waals surface area (Å²) in [5, 5.41) is 15.9. The Bertz CT molecular complexity index is 615. The van der Waals surface area contributed by atoms with Crippen LogP contribution in [0, 0.1) is 0 Å². The molecule has 0 atom stereocenters. The van der Waals surface area contributed by atoms with Crippen LogP contribution >= 0.6 is 0 Å². The van der Waals surface area contributed by atoms with E-state index in [4.69, 9.17) is 4.74 Å². The molecule has 1 amide bonds. The monoisotopic (exact) mass is 291 g/mol. The SMILES string of the molecule is Cn1cc(-c2cnc(NC(=O)OCC(C)(C)O)cn2)cn1. The number of nitrogens with zero attached hydrogens (tertiary/aromatic N) is 4.